The van der Waals surface area contributed by atoms with E-state index < -0.39 is 18.0 Å². The third-order valence-electron chi connectivity index (χ3n) is 4.02. The Morgan fingerprint density at radius 1 is 1.04 bits per heavy atom. The van der Waals surface area contributed by atoms with Gasteiger partial charge in [-0.1, -0.05) is 30.3 Å². The summed E-state index contributed by atoms with van der Waals surface area (Å²) in [5.74, 6) is -0.360. The molecule has 6 heteroatoms. The predicted octanol–water partition coefficient (Wildman–Crippen LogP) is 4.53. The van der Waals surface area contributed by atoms with Gasteiger partial charge in [-0.2, -0.15) is 0 Å². The summed E-state index contributed by atoms with van der Waals surface area (Å²) in [6.07, 6.45) is 0.427. The molecule has 0 aliphatic carbocycles. The molecular weight excluding hydrogens is 358 g/mol. The van der Waals surface area contributed by atoms with Crippen molar-refractivity contribution in [3.05, 3.63) is 72.7 Å². The summed E-state index contributed by atoms with van der Waals surface area (Å²) in [6, 6.07) is 18.0. The number of nitrogens with one attached hydrogen (secondary N) is 1. The third kappa shape index (κ3) is 4.59. The van der Waals surface area contributed by atoms with Crippen LogP contribution in [-0.2, 0) is 9.53 Å². The van der Waals surface area contributed by atoms with Crippen molar-refractivity contribution in [3.8, 4) is 16.9 Å². The Labute approximate surface area is 163 Å². The molecule has 1 unspecified atom stereocenters. The molecule has 0 aliphatic heterocycles. The van der Waals surface area contributed by atoms with Gasteiger partial charge in [0, 0.05) is 11.3 Å². The average Bonchev–Trinajstić information content (AvgIpc) is 3.20. The quantitative estimate of drug-likeness (QED) is 0.610. The largest absolute Gasteiger partial charge is 0.494 e. The van der Waals surface area contributed by atoms with Gasteiger partial charge < -0.3 is 19.2 Å². The zero-order chi connectivity index (χ0) is 19.9. The number of furan rings is 1. The summed E-state index contributed by atoms with van der Waals surface area (Å²) in [7, 11) is 0. The van der Waals surface area contributed by atoms with Crippen molar-refractivity contribution in [2.45, 2.75) is 20.0 Å². The van der Waals surface area contributed by atoms with Crippen LogP contribution in [0, 0.1) is 0 Å². The zero-order valence-corrected chi connectivity index (χ0v) is 15.7. The number of hydrogen-bond acceptors (Lipinski definition) is 5. The van der Waals surface area contributed by atoms with Crippen LogP contribution in [0.5, 0.6) is 5.75 Å². The lowest BCUT2D eigenvalue weighted by atomic mass is 10.1. The Balaban J connectivity index is 1.63. The molecule has 0 saturated carbocycles. The molecule has 3 rings (SSSR count). The number of carbonyl (C=O) groups is 2. The standard InChI is InChI=1S/C22H21NO5/c1-3-26-18-11-9-17(10-12-18)23-21(24)15(2)28-22(25)20-19(13-14-27-20)16-7-5-4-6-8-16/h4-15H,3H2,1-2H3,(H,23,24). The molecular formula is C22H21NO5. The molecule has 0 spiro atoms. The summed E-state index contributed by atoms with van der Waals surface area (Å²) in [4.78, 5) is 24.8. The van der Waals surface area contributed by atoms with Crippen molar-refractivity contribution < 1.29 is 23.5 Å². The number of anilines is 1. The minimum atomic E-state index is -0.993. The van der Waals surface area contributed by atoms with Crippen molar-refractivity contribution in [3.63, 3.8) is 0 Å². The molecule has 144 valence electrons. The van der Waals surface area contributed by atoms with E-state index in [0.29, 0.717) is 23.6 Å². The number of ether oxygens (including phenoxy) is 2. The predicted molar refractivity (Wildman–Crippen MR) is 105 cm³/mol. The highest BCUT2D eigenvalue weighted by molar-refractivity contribution is 5.99. The van der Waals surface area contributed by atoms with Gasteiger partial charge >= 0.3 is 5.97 Å². The average molecular weight is 379 g/mol. The fraction of sp³-hybridized carbons (Fsp3) is 0.182. The second-order valence-electron chi connectivity index (χ2n) is 6.02. The Kier molecular flexibility index (Phi) is 6.11. The van der Waals surface area contributed by atoms with Crippen molar-refractivity contribution in [1.29, 1.82) is 0 Å². The Morgan fingerprint density at radius 3 is 2.43 bits per heavy atom. The minimum absolute atomic E-state index is 0.0620. The Bertz CT molecular complexity index is 931. The summed E-state index contributed by atoms with van der Waals surface area (Å²) < 4.78 is 15.9. The van der Waals surface area contributed by atoms with Crippen LogP contribution in [0.3, 0.4) is 0 Å². The normalized spacial score (nSPS) is 11.5. The van der Waals surface area contributed by atoms with Crippen LogP contribution in [0.2, 0.25) is 0 Å². The molecule has 0 aliphatic rings. The lowest BCUT2D eigenvalue weighted by Crippen LogP contribution is -2.30. The summed E-state index contributed by atoms with van der Waals surface area (Å²) in [5, 5.41) is 2.71. The summed E-state index contributed by atoms with van der Waals surface area (Å²) in [5.41, 5.74) is 2.03. The van der Waals surface area contributed by atoms with Crippen LogP contribution >= 0.6 is 0 Å². The molecule has 2 aromatic carbocycles. The lowest BCUT2D eigenvalue weighted by molar-refractivity contribution is -0.123. The fourth-order valence-corrected chi connectivity index (χ4v) is 2.63. The lowest BCUT2D eigenvalue weighted by Gasteiger charge is -2.13. The molecule has 1 aromatic heterocycles. The van der Waals surface area contributed by atoms with Crippen molar-refractivity contribution in [2.75, 3.05) is 11.9 Å². The SMILES string of the molecule is CCOc1ccc(NC(=O)C(C)OC(=O)c2occc2-c2ccccc2)cc1. The van der Waals surface area contributed by atoms with Crippen LogP contribution in [0.1, 0.15) is 24.4 Å². The maximum atomic E-state index is 12.5. The first-order valence-electron chi connectivity index (χ1n) is 8.96. The number of rotatable bonds is 7. The molecule has 28 heavy (non-hydrogen) atoms. The van der Waals surface area contributed by atoms with E-state index in [2.05, 4.69) is 5.32 Å². The van der Waals surface area contributed by atoms with Crippen molar-refractivity contribution in [2.24, 2.45) is 0 Å². The topological polar surface area (TPSA) is 77.8 Å². The van der Waals surface area contributed by atoms with Crippen LogP contribution in [-0.4, -0.2) is 24.6 Å². The first kappa shape index (κ1) is 19.2. The van der Waals surface area contributed by atoms with E-state index in [4.69, 9.17) is 13.9 Å². The molecule has 0 fully saturated rings. The van der Waals surface area contributed by atoms with Gasteiger partial charge in [0.15, 0.2) is 6.10 Å². The van der Waals surface area contributed by atoms with E-state index in [1.165, 1.54) is 13.2 Å². The van der Waals surface area contributed by atoms with E-state index in [1.807, 2.05) is 37.3 Å². The molecule has 1 amide bonds. The van der Waals surface area contributed by atoms with E-state index in [9.17, 15) is 9.59 Å². The maximum Gasteiger partial charge on any atom is 0.375 e. The smallest absolute Gasteiger partial charge is 0.375 e. The molecule has 0 saturated heterocycles. The van der Waals surface area contributed by atoms with Crippen LogP contribution < -0.4 is 10.1 Å². The second-order valence-corrected chi connectivity index (χ2v) is 6.02. The third-order valence-corrected chi connectivity index (χ3v) is 4.02. The fourth-order valence-electron chi connectivity index (χ4n) is 2.63. The number of benzene rings is 2. The van der Waals surface area contributed by atoms with Gasteiger partial charge in [-0.25, -0.2) is 4.79 Å². The van der Waals surface area contributed by atoms with Gasteiger partial charge in [-0.3, -0.25) is 4.79 Å². The number of hydrogen-bond donors (Lipinski definition) is 1. The van der Waals surface area contributed by atoms with Crippen molar-refractivity contribution in [1.82, 2.24) is 0 Å². The van der Waals surface area contributed by atoms with Crippen LogP contribution in [0.15, 0.2) is 71.3 Å². The molecule has 6 nitrogen and oxygen atoms in total. The molecule has 3 aromatic rings. The van der Waals surface area contributed by atoms with E-state index >= 15 is 0 Å². The highest BCUT2D eigenvalue weighted by Gasteiger charge is 2.24. The van der Waals surface area contributed by atoms with E-state index in [0.717, 1.165) is 5.56 Å². The number of amides is 1. The summed E-state index contributed by atoms with van der Waals surface area (Å²) >= 11 is 0. The van der Waals surface area contributed by atoms with Gasteiger partial charge in [0.2, 0.25) is 5.76 Å². The van der Waals surface area contributed by atoms with Crippen LogP contribution in [0.25, 0.3) is 11.1 Å². The Morgan fingerprint density at radius 2 is 1.75 bits per heavy atom. The van der Waals surface area contributed by atoms with Crippen molar-refractivity contribution >= 4 is 17.6 Å². The zero-order valence-electron chi connectivity index (χ0n) is 15.7. The molecule has 0 bridgehead atoms. The van der Waals surface area contributed by atoms with Gasteiger partial charge in [-0.15, -0.1) is 0 Å². The first-order valence-corrected chi connectivity index (χ1v) is 8.96. The number of esters is 1. The highest BCUT2D eigenvalue weighted by Crippen LogP contribution is 2.25. The monoisotopic (exact) mass is 379 g/mol. The first-order chi connectivity index (χ1) is 13.6. The Hall–Kier alpha value is -3.54. The minimum Gasteiger partial charge on any atom is -0.494 e. The van der Waals surface area contributed by atoms with E-state index in [1.54, 1.807) is 30.3 Å². The van der Waals surface area contributed by atoms with Gasteiger partial charge in [0.05, 0.1) is 12.9 Å². The van der Waals surface area contributed by atoms with Crippen LogP contribution in [0.4, 0.5) is 5.69 Å². The number of carbonyl (C=O) groups excluding carboxylic acids is 2. The maximum absolute atomic E-state index is 12.5. The molecule has 1 atom stereocenters. The van der Waals surface area contributed by atoms with E-state index in [-0.39, 0.29) is 5.76 Å². The van der Waals surface area contributed by atoms with Gasteiger partial charge in [-0.05, 0) is 49.7 Å². The molecule has 1 heterocycles. The van der Waals surface area contributed by atoms with Gasteiger partial charge in [0.25, 0.3) is 5.91 Å². The molecule has 1 N–H and O–H groups in total. The highest BCUT2D eigenvalue weighted by atomic mass is 16.6. The van der Waals surface area contributed by atoms with Gasteiger partial charge in [0.1, 0.15) is 5.75 Å². The summed E-state index contributed by atoms with van der Waals surface area (Å²) in [6.45, 7) is 3.97. The second kappa shape index (κ2) is 8.90. The molecule has 0 radical (unpaired) electrons.